The lowest BCUT2D eigenvalue weighted by atomic mass is 9.65. The van der Waals surface area contributed by atoms with E-state index in [0.717, 1.165) is 12.8 Å². The molecule has 0 saturated heterocycles. The van der Waals surface area contributed by atoms with Gasteiger partial charge in [-0.25, -0.2) is 0 Å². The van der Waals surface area contributed by atoms with Crippen LogP contribution in [0.5, 0.6) is 0 Å². The first-order valence-corrected chi connectivity index (χ1v) is 9.92. The van der Waals surface area contributed by atoms with Crippen LogP contribution in [0.2, 0.25) is 0 Å². The van der Waals surface area contributed by atoms with E-state index >= 15 is 0 Å². The molecular weight excluding hydrogens is 312 g/mol. The van der Waals surface area contributed by atoms with Gasteiger partial charge in [0.1, 0.15) is 0 Å². The number of hydrogen-bond acceptors (Lipinski definition) is 0. The molecule has 2 aromatic carbocycles. The van der Waals surface area contributed by atoms with Crippen LogP contribution in [0, 0.1) is 5.41 Å². The van der Waals surface area contributed by atoms with Crippen molar-refractivity contribution >= 4 is 0 Å². The minimum atomic E-state index is 0.136. The van der Waals surface area contributed by atoms with Gasteiger partial charge < -0.3 is 0 Å². The Kier molecular flexibility index (Phi) is 4.68. The predicted octanol–water partition coefficient (Wildman–Crippen LogP) is 7.44. The van der Waals surface area contributed by atoms with Crippen molar-refractivity contribution in [2.24, 2.45) is 5.41 Å². The summed E-state index contributed by atoms with van der Waals surface area (Å²) in [6, 6.07) is 18.0. The molecule has 0 bridgehead atoms. The van der Waals surface area contributed by atoms with Crippen LogP contribution in [0.3, 0.4) is 0 Å². The lowest BCUT2D eigenvalue weighted by molar-refractivity contribution is 0.318. The first kappa shape index (κ1) is 17.1. The monoisotopic (exact) mass is 340 g/mol. The maximum absolute atomic E-state index is 3.89. The summed E-state index contributed by atoms with van der Waals surface area (Å²) in [5.74, 6) is 0.438. The van der Waals surface area contributed by atoms with Crippen LogP contribution < -0.4 is 0 Å². The van der Waals surface area contributed by atoms with Crippen LogP contribution >= 0.6 is 0 Å². The molecule has 0 N–H and O–H groups in total. The average molecular weight is 341 g/mol. The summed E-state index contributed by atoms with van der Waals surface area (Å²) in [5.41, 5.74) is 7.51. The maximum Gasteiger partial charge on any atom is 0.0196 e. The van der Waals surface area contributed by atoms with Gasteiger partial charge in [-0.15, -0.1) is 6.58 Å². The van der Waals surface area contributed by atoms with E-state index in [-0.39, 0.29) is 5.41 Å². The summed E-state index contributed by atoms with van der Waals surface area (Å²) in [4.78, 5) is 0. The lowest BCUT2D eigenvalue weighted by Crippen LogP contribution is -2.27. The fourth-order valence-corrected chi connectivity index (χ4v) is 4.96. The predicted molar refractivity (Wildman–Crippen MR) is 112 cm³/mol. The van der Waals surface area contributed by atoms with Gasteiger partial charge in [0.25, 0.3) is 0 Å². The molecule has 2 aliphatic carbocycles. The second-order valence-electron chi connectivity index (χ2n) is 7.86. The molecule has 0 amide bonds. The molecule has 26 heavy (non-hydrogen) atoms. The first-order valence-electron chi connectivity index (χ1n) is 9.92. The van der Waals surface area contributed by atoms with E-state index in [0.29, 0.717) is 5.92 Å². The number of rotatable bonds is 7. The Morgan fingerprint density at radius 3 is 2.23 bits per heavy atom. The molecular formula is C26H28. The highest BCUT2D eigenvalue weighted by molar-refractivity contribution is 5.79. The van der Waals surface area contributed by atoms with E-state index in [4.69, 9.17) is 0 Å². The Bertz CT molecular complexity index is 822. The topological polar surface area (TPSA) is 0 Å². The molecule has 0 aliphatic heterocycles. The molecule has 0 aromatic heterocycles. The van der Waals surface area contributed by atoms with Crippen LogP contribution in [0.25, 0.3) is 11.1 Å². The van der Waals surface area contributed by atoms with Gasteiger partial charge in [-0.05, 0) is 53.5 Å². The van der Waals surface area contributed by atoms with Crippen molar-refractivity contribution in [2.45, 2.75) is 44.9 Å². The van der Waals surface area contributed by atoms with Crippen LogP contribution in [-0.2, 0) is 0 Å². The third-order valence-corrected chi connectivity index (χ3v) is 6.26. The van der Waals surface area contributed by atoms with Crippen molar-refractivity contribution in [3.05, 3.63) is 96.1 Å². The van der Waals surface area contributed by atoms with Gasteiger partial charge in [0.2, 0.25) is 0 Å². The Hall–Kier alpha value is -2.34. The van der Waals surface area contributed by atoms with Crippen molar-refractivity contribution < 1.29 is 0 Å². The zero-order valence-corrected chi connectivity index (χ0v) is 15.7. The summed E-state index contributed by atoms with van der Waals surface area (Å²) >= 11 is 0. The van der Waals surface area contributed by atoms with Crippen molar-refractivity contribution in [1.29, 1.82) is 0 Å². The van der Waals surface area contributed by atoms with Crippen LogP contribution in [0.1, 0.15) is 56.1 Å². The molecule has 1 unspecified atom stereocenters. The second kappa shape index (κ2) is 7.11. The highest BCUT2D eigenvalue weighted by Gasteiger charge is 2.43. The van der Waals surface area contributed by atoms with E-state index in [2.05, 4.69) is 80.3 Å². The van der Waals surface area contributed by atoms with Crippen LogP contribution in [0.4, 0.5) is 0 Å². The number of unbranched alkanes of at least 4 members (excludes halogenated alkanes) is 2. The van der Waals surface area contributed by atoms with Crippen LogP contribution in [-0.4, -0.2) is 0 Å². The largest absolute Gasteiger partial charge is 0.103 e. The van der Waals surface area contributed by atoms with Gasteiger partial charge in [-0.3, -0.25) is 0 Å². The van der Waals surface area contributed by atoms with E-state index in [1.54, 1.807) is 0 Å². The van der Waals surface area contributed by atoms with Gasteiger partial charge in [-0.1, -0.05) is 86.2 Å². The smallest absolute Gasteiger partial charge is 0.0196 e. The molecule has 0 radical (unpaired) electrons. The second-order valence-corrected chi connectivity index (χ2v) is 7.86. The van der Waals surface area contributed by atoms with E-state index < -0.39 is 0 Å². The first-order chi connectivity index (χ1) is 12.8. The average Bonchev–Trinajstić information content (AvgIpc) is 3.32. The fraction of sp³-hybridized carbons (Fsp3) is 0.308. The molecule has 0 heteroatoms. The molecule has 2 aromatic rings. The van der Waals surface area contributed by atoms with Crippen molar-refractivity contribution in [2.75, 3.05) is 0 Å². The van der Waals surface area contributed by atoms with Gasteiger partial charge in [0, 0.05) is 11.3 Å². The summed E-state index contributed by atoms with van der Waals surface area (Å²) in [6.45, 7) is 6.38. The van der Waals surface area contributed by atoms with Gasteiger partial charge in [0.05, 0.1) is 0 Å². The molecule has 2 aliphatic rings. The lowest BCUT2D eigenvalue weighted by Gasteiger charge is -2.38. The maximum atomic E-state index is 3.89. The minimum Gasteiger partial charge on any atom is -0.103 e. The van der Waals surface area contributed by atoms with E-state index in [9.17, 15) is 0 Å². The van der Waals surface area contributed by atoms with Crippen molar-refractivity contribution in [3.8, 4) is 11.1 Å². The van der Waals surface area contributed by atoms with E-state index in [1.807, 2.05) is 6.08 Å². The molecule has 1 atom stereocenters. The zero-order chi connectivity index (χ0) is 18.0. The third-order valence-electron chi connectivity index (χ3n) is 6.26. The number of benzene rings is 2. The highest BCUT2D eigenvalue weighted by Crippen LogP contribution is 2.57. The fourth-order valence-electron chi connectivity index (χ4n) is 4.96. The number of allylic oxidation sites excluding steroid dienone is 5. The summed E-state index contributed by atoms with van der Waals surface area (Å²) < 4.78 is 0. The summed E-state index contributed by atoms with van der Waals surface area (Å²) in [5, 5.41) is 0. The molecule has 0 spiro atoms. The van der Waals surface area contributed by atoms with Gasteiger partial charge >= 0.3 is 0 Å². The molecule has 4 rings (SSSR count). The Labute approximate surface area is 158 Å². The van der Waals surface area contributed by atoms with E-state index in [1.165, 1.54) is 47.1 Å². The Balaban J connectivity index is 1.80. The minimum absolute atomic E-state index is 0.136. The Morgan fingerprint density at radius 1 is 1.00 bits per heavy atom. The number of hydrogen-bond donors (Lipinski definition) is 0. The van der Waals surface area contributed by atoms with Crippen molar-refractivity contribution in [1.82, 2.24) is 0 Å². The SMILES string of the molecule is C=CCCCCC(C)(C1=CCC=C1)C1c2ccccc2-c2ccccc21. The molecule has 0 nitrogen and oxygen atoms in total. The summed E-state index contributed by atoms with van der Waals surface area (Å²) in [7, 11) is 0. The zero-order valence-electron chi connectivity index (χ0n) is 15.7. The van der Waals surface area contributed by atoms with Crippen LogP contribution in [0.15, 0.2) is 85.0 Å². The normalized spacial score (nSPS) is 17.5. The Morgan fingerprint density at radius 2 is 1.65 bits per heavy atom. The molecule has 0 heterocycles. The molecule has 0 fully saturated rings. The van der Waals surface area contributed by atoms with Gasteiger partial charge in [-0.2, -0.15) is 0 Å². The summed E-state index contributed by atoms with van der Waals surface area (Å²) in [6.07, 6.45) is 15.0. The third kappa shape index (κ3) is 2.78. The molecule has 0 saturated carbocycles. The van der Waals surface area contributed by atoms with Crippen molar-refractivity contribution in [3.63, 3.8) is 0 Å². The standard InChI is InChI=1S/C26H28/c1-3-4-5-12-19-26(2,20-13-6-7-14-20)25-23-17-10-8-15-21(23)22-16-9-11-18-24(22)25/h3,6,8-11,13-18,25H,1,4-5,7,12,19H2,2H3. The quantitative estimate of drug-likeness (QED) is 0.363. The highest BCUT2D eigenvalue weighted by atomic mass is 14.5. The van der Waals surface area contributed by atoms with Gasteiger partial charge in [0.15, 0.2) is 0 Å². The molecule has 132 valence electrons. The number of fused-ring (bicyclic) bond motifs is 3.